The van der Waals surface area contributed by atoms with E-state index in [1.807, 2.05) is 30.3 Å². The van der Waals surface area contributed by atoms with E-state index in [2.05, 4.69) is 20.8 Å². The average molecular weight is 323 g/mol. The van der Waals surface area contributed by atoms with Gasteiger partial charge >= 0.3 is 0 Å². The van der Waals surface area contributed by atoms with Crippen LogP contribution in [0, 0.1) is 5.82 Å². The van der Waals surface area contributed by atoms with Gasteiger partial charge in [0.15, 0.2) is 0 Å². The lowest BCUT2D eigenvalue weighted by molar-refractivity contribution is 0.414. The van der Waals surface area contributed by atoms with Gasteiger partial charge in [0.05, 0.1) is 7.11 Å². The molecule has 1 N–H and O–H groups in total. The maximum absolute atomic E-state index is 14.3. The number of methoxy groups -OCH3 is 1. The number of anilines is 1. The number of rotatable bonds is 3. The van der Waals surface area contributed by atoms with Crippen LogP contribution < -0.4 is 10.1 Å². The van der Waals surface area contributed by atoms with Crippen molar-refractivity contribution in [1.82, 2.24) is 20.2 Å². The van der Waals surface area contributed by atoms with Gasteiger partial charge in [-0.1, -0.05) is 35.4 Å². The number of nitrogens with zero attached hydrogens (tertiary/aromatic N) is 4. The zero-order chi connectivity index (χ0) is 16.5. The fourth-order valence-corrected chi connectivity index (χ4v) is 2.75. The van der Waals surface area contributed by atoms with Gasteiger partial charge in [0, 0.05) is 16.8 Å². The Kier molecular flexibility index (Phi) is 3.45. The molecule has 3 aromatic rings. The zero-order valence-electron chi connectivity index (χ0n) is 12.8. The SMILES string of the molecule is COc1cccc(C2=C[C@H](c3ccccc3F)n3nnnc3N2)c1. The Bertz CT molecular complexity index is 921. The van der Waals surface area contributed by atoms with Gasteiger partial charge in [0.1, 0.15) is 17.6 Å². The molecule has 0 radical (unpaired) electrons. The van der Waals surface area contributed by atoms with Gasteiger partial charge in [-0.2, -0.15) is 4.68 Å². The van der Waals surface area contributed by atoms with Crippen molar-refractivity contribution in [2.45, 2.75) is 6.04 Å². The number of benzene rings is 2. The summed E-state index contributed by atoms with van der Waals surface area (Å²) >= 11 is 0. The van der Waals surface area contributed by atoms with E-state index in [1.54, 1.807) is 30.0 Å². The summed E-state index contributed by atoms with van der Waals surface area (Å²) in [4.78, 5) is 0. The monoisotopic (exact) mass is 323 g/mol. The predicted molar refractivity (Wildman–Crippen MR) is 86.9 cm³/mol. The minimum Gasteiger partial charge on any atom is -0.497 e. The molecule has 6 nitrogen and oxygen atoms in total. The molecule has 2 heterocycles. The maximum atomic E-state index is 14.3. The summed E-state index contributed by atoms with van der Waals surface area (Å²) in [6, 6.07) is 13.8. The Balaban J connectivity index is 1.83. The quantitative estimate of drug-likeness (QED) is 0.803. The Morgan fingerprint density at radius 3 is 2.88 bits per heavy atom. The minimum atomic E-state index is -0.432. The average Bonchev–Trinajstić information content (AvgIpc) is 3.10. The van der Waals surface area contributed by atoms with Crippen LogP contribution in [0.1, 0.15) is 17.2 Å². The van der Waals surface area contributed by atoms with E-state index in [0.29, 0.717) is 11.5 Å². The molecule has 1 aromatic heterocycles. The van der Waals surface area contributed by atoms with Crippen LogP contribution in [-0.2, 0) is 0 Å². The summed E-state index contributed by atoms with van der Waals surface area (Å²) in [6.45, 7) is 0. The first kappa shape index (κ1) is 14.4. The molecule has 1 aliphatic heterocycles. The molecule has 0 saturated heterocycles. The van der Waals surface area contributed by atoms with Crippen LogP contribution in [0.5, 0.6) is 5.75 Å². The lowest BCUT2D eigenvalue weighted by Gasteiger charge is -2.23. The van der Waals surface area contributed by atoms with Crippen molar-refractivity contribution in [3.05, 3.63) is 71.6 Å². The van der Waals surface area contributed by atoms with Crippen molar-refractivity contribution >= 4 is 11.6 Å². The number of nitrogens with one attached hydrogen (secondary N) is 1. The van der Waals surface area contributed by atoms with Crippen LogP contribution in [0.4, 0.5) is 10.3 Å². The highest BCUT2D eigenvalue weighted by molar-refractivity contribution is 5.77. The van der Waals surface area contributed by atoms with Crippen molar-refractivity contribution in [2.75, 3.05) is 12.4 Å². The first-order chi connectivity index (χ1) is 11.8. The molecule has 24 heavy (non-hydrogen) atoms. The molecular weight excluding hydrogens is 309 g/mol. The number of tetrazole rings is 1. The molecule has 0 aliphatic carbocycles. The molecule has 0 amide bonds. The van der Waals surface area contributed by atoms with Gasteiger partial charge in [-0.05, 0) is 34.7 Å². The fraction of sp³-hybridized carbons (Fsp3) is 0.118. The largest absolute Gasteiger partial charge is 0.497 e. The minimum absolute atomic E-state index is 0.299. The Morgan fingerprint density at radius 2 is 2.04 bits per heavy atom. The molecule has 0 fully saturated rings. The molecule has 0 unspecified atom stereocenters. The second-order valence-corrected chi connectivity index (χ2v) is 5.35. The predicted octanol–water partition coefficient (Wildman–Crippen LogP) is 2.88. The Labute approximate surface area is 137 Å². The first-order valence-corrected chi connectivity index (χ1v) is 7.42. The highest BCUT2D eigenvalue weighted by Crippen LogP contribution is 2.33. The number of hydrogen-bond acceptors (Lipinski definition) is 5. The van der Waals surface area contributed by atoms with Gasteiger partial charge in [-0.25, -0.2) is 4.39 Å². The van der Waals surface area contributed by atoms with Gasteiger partial charge in [-0.15, -0.1) is 0 Å². The van der Waals surface area contributed by atoms with Crippen LogP contribution in [-0.4, -0.2) is 27.3 Å². The zero-order valence-corrected chi connectivity index (χ0v) is 12.8. The first-order valence-electron chi connectivity index (χ1n) is 7.42. The maximum Gasteiger partial charge on any atom is 0.248 e. The van der Waals surface area contributed by atoms with E-state index in [4.69, 9.17) is 4.74 Å². The van der Waals surface area contributed by atoms with Gasteiger partial charge in [0.25, 0.3) is 0 Å². The fourth-order valence-electron chi connectivity index (χ4n) is 2.75. The van der Waals surface area contributed by atoms with Gasteiger partial charge < -0.3 is 10.1 Å². The van der Waals surface area contributed by atoms with E-state index >= 15 is 0 Å². The second-order valence-electron chi connectivity index (χ2n) is 5.35. The normalized spacial score (nSPS) is 16.1. The number of aromatic nitrogens is 4. The van der Waals surface area contributed by atoms with Crippen LogP contribution in [0.15, 0.2) is 54.6 Å². The molecule has 0 saturated carbocycles. The highest BCUT2D eigenvalue weighted by Gasteiger charge is 2.26. The molecule has 1 aliphatic rings. The van der Waals surface area contributed by atoms with Crippen LogP contribution in [0.3, 0.4) is 0 Å². The molecule has 4 rings (SSSR count). The Morgan fingerprint density at radius 1 is 1.17 bits per heavy atom. The van der Waals surface area contributed by atoms with E-state index in [9.17, 15) is 4.39 Å². The van der Waals surface area contributed by atoms with Crippen molar-refractivity contribution < 1.29 is 9.13 Å². The van der Waals surface area contributed by atoms with E-state index in [0.717, 1.165) is 17.0 Å². The van der Waals surface area contributed by atoms with Gasteiger partial charge in [-0.3, -0.25) is 0 Å². The summed E-state index contributed by atoms with van der Waals surface area (Å²) in [5.74, 6) is 0.901. The number of hydrogen-bond donors (Lipinski definition) is 1. The van der Waals surface area contributed by atoms with Crippen molar-refractivity contribution in [1.29, 1.82) is 0 Å². The van der Waals surface area contributed by atoms with Crippen molar-refractivity contribution in [3.63, 3.8) is 0 Å². The topological polar surface area (TPSA) is 64.9 Å². The summed E-state index contributed by atoms with van der Waals surface area (Å²) in [7, 11) is 1.62. The number of ether oxygens (including phenoxy) is 1. The molecular formula is C17H14FN5O. The molecule has 120 valence electrons. The molecule has 0 bridgehead atoms. The smallest absolute Gasteiger partial charge is 0.248 e. The summed E-state index contributed by atoms with van der Waals surface area (Å²) < 4.78 is 21.1. The van der Waals surface area contributed by atoms with E-state index < -0.39 is 6.04 Å². The van der Waals surface area contributed by atoms with Crippen molar-refractivity contribution in [3.8, 4) is 5.75 Å². The third-order valence-corrected chi connectivity index (χ3v) is 3.93. The van der Waals surface area contributed by atoms with Crippen molar-refractivity contribution in [2.24, 2.45) is 0 Å². The molecule has 1 atom stereocenters. The third-order valence-electron chi connectivity index (χ3n) is 3.93. The Hall–Kier alpha value is -3.22. The summed E-state index contributed by atoms with van der Waals surface area (Å²) in [6.07, 6.45) is 1.90. The lowest BCUT2D eigenvalue weighted by Crippen LogP contribution is -2.21. The van der Waals surface area contributed by atoms with Crippen LogP contribution in [0.2, 0.25) is 0 Å². The molecule has 0 spiro atoms. The summed E-state index contributed by atoms with van der Waals surface area (Å²) in [5, 5.41) is 14.8. The van der Waals surface area contributed by atoms with E-state index in [-0.39, 0.29) is 5.82 Å². The van der Waals surface area contributed by atoms with E-state index in [1.165, 1.54) is 6.07 Å². The standard InChI is InChI=1S/C17H14FN5O/c1-24-12-6-4-5-11(9-12)15-10-16(13-7-2-3-8-14(13)18)23-17(19-15)20-21-22-23/h2-10,16H,1H3,(H,19,20,22)/t16-/m1/s1. The van der Waals surface area contributed by atoms with Gasteiger partial charge in [0.2, 0.25) is 5.95 Å². The third kappa shape index (κ3) is 2.40. The molecule has 7 heteroatoms. The number of fused-ring (bicyclic) bond motifs is 1. The number of allylic oxidation sites excluding steroid dienone is 1. The highest BCUT2D eigenvalue weighted by atomic mass is 19.1. The lowest BCUT2D eigenvalue weighted by atomic mass is 10.0. The van der Waals surface area contributed by atoms with Crippen LogP contribution in [0.25, 0.3) is 5.70 Å². The van der Waals surface area contributed by atoms with Crippen LogP contribution >= 0.6 is 0 Å². The summed E-state index contributed by atoms with van der Waals surface area (Å²) in [5.41, 5.74) is 2.21. The second kappa shape index (κ2) is 5.77. The molecule has 2 aromatic carbocycles. The number of halogens is 1.